The summed E-state index contributed by atoms with van der Waals surface area (Å²) in [6.45, 7) is 4.57. The number of fused-ring (bicyclic) bond motifs is 1. The molecule has 1 aliphatic rings. The highest BCUT2D eigenvalue weighted by molar-refractivity contribution is 5.93. The van der Waals surface area contributed by atoms with Gasteiger partial charge in [-0.3, -0.25) is 4.79 Å². The molecule has 3 aromatic rings. The Morgan fingerprint density at radius 1 is 1.17 bits per heavy atom. The SMILES string of the molecule is CCn1ccc2cc(Nc3cc(C)ccn3)nc(NC3CCC(O)CC3)c2c1=O. The summed E-state index contributed by atoms with van der Waals surface area (Å²) in [6, 6.07) is 7.92. The van der Waals surface area contributed by atoms with Gasteiger partial charge in [0.2, 0.25) is 0 Å². The molecule has 4 rings (SSSR count). The molecule has 0 bridgehead atoms. The van der Waals surface area contributed by atoms with Gasteiger partial charge in [-0.25, -0.2) is 9.97 Å². The molecule has 0 atom stereocenters. The fourth-order valence-electron chi connectivity index (χ4n) is 3.87. The summed E-state index contributed by atoms with van der Waals surface area (Å²) in [4.78, 5) is 22.1. The van der Waals surface area contributed by atoms with E-state index in [0.29, 0.717) is 29.4 Å². The van der Waals surface area contributed by atoms with Crippen molar-refractivity contribution >= 4 is 28.2 Å². The zero-order valence-electron chi connectivity index (χ0n) is 16.9. The van der Waals surface area contributed by atoms with Crippen molar-refractivity contribution in [3.8, 4) is 0 Å². The van der Waals surface area contributed by atoms with E-state index in [9.17, 15) is 9.90 Å². The topological polar surface area (TPSA) is 92.1 Å². The highest BCUT2D eigenvalue weighted by Gasteiger charge is 2.21. The molecule has 1 aliphatic carbocycles. The third-order valence-electron chi connectivity index (χ3n) is 5.51. The monoisotopic (exact) mass is 393 g/mol. The summed E-state index contributed by atoms with van der Waals surface area (Å²) >= 11 is 0. The number of aliphatic hydroxyl groups is 1. The van der Waals surface area contributed by atoms with Crippen LogP contribution in [0.4, 0.5) is 17.5 Å². The zero-order valence-corrected chi connectivity index (χ0v) is 16.9. The van der Waals surface area contributed by atoms with E-state index in [2.05, 4.69) is 15.6 Å². The lowest BCUT2D eigenvalue weighted by Gasteiger charge is -2.27. The molecule has 3 N–H and O–H groups in total. The third-order valence-corrected chi connectivity index (χ3v) is 5.51. The molecule has 7 nitrogen and oxygen atoms in total. The highest BCUT2D eigenvalue weighted by atomic mass is 16.3. The molecule has 3 aromatic heterocycles. The van der Waals surface area contributed by atoms with Gasteiger partial charge in [-0.1, -0.05) is 0 Å². The standard InChI is InChI=1S/C22H27N5O2/c1-3-27-11-9-15-13-19(25-18-12-14(2)8-10-23-18)26-21(20(15)22(27)29)24-16-4-6-17(28)7-5-16/h8-13,16-17,28H,3-7H2,1-2H3,(H2,23,24,25,26). The van der Waals surface area contributed by atoms with Crippen LogP contribution in [0.3, 0.4) is 0 Å². The van der Waals surface area contributed by atoms with Crippen molar-refractivity contribution in [1.29, 1.82) is 0 Å². The van der Waals surface area contributed by atoms with Crippen LogP contribution in [0, 0.1) is 6.92 Å². The molecule has 29 heavy (non-hydrogen) atoms. The Morgan fingerprint density at radius 2 is 1.97 bits per heavy atom. The summed E-state index contributed by atoms with van der Waals surface area (Å²) in [6.07, 6.45) is 6.59. The predicted octanol–water partition coefficient (Wildman–Crippen LogP) is 3.58. The van der Waals surface area contributed by atoms with Crippen LogP contribution in [0.15, 0.2) is 41.5 Å². The first-order valence-corrected chi connectivity index (χ1v) is 10.2. The fourth-order valence-corrected chi connectivity index (χ4v) is 3.87. The summed E-state index contributed by atoms with van der Waals surface area (Å²) in [5.41, 5.74) is 1.06. The normalized spacial score (nSPS) is 19.3. The number of nitrogens with zero attached hydrogens (tertiary/aromatic N) is 3. The number of aliphatic hydroxyl groups excluding tert-OH is 1. The van der Waals surface area contributed by atoms with Crippen molar-refractivity contribution in [3.63, 3.8) is 0 Å². The Kier molecular flexibility index (Phi) is 5.49. The Morgan fingerprint density at radius 3 is 2.69 bits per heavy atom. The van der Waals surface area contributed by atoms with Crippen molar-refractivity contribution in [2.45, 2.75) is 58.2 Å². The maximum absolute atomic E-state index is 13.0. The quantitative estimate of drug-likeness (QED) is 0.614. The van der Waals surface area contributed by atoms with Crippen LogP contribution in [-0.2, 0) is 6.54 Å². The van der Waals surface area contributed by atoms with Crippen molar-refractivity contribution in [2.75, 3.05) is 10.6 Å². The van der Waals surface area contributed by atoms with Crippen LogP contribution in [-0.4, -0.2) is 31.8 Å². The average molecular weight is 393 g/mol. The van der Waals surface area contributed by atoms with Gasteiger partial charge < -0.3 is 20.3 Å². The van der Waals surface area contributed by atoms with Crippen molar-refractivity contribution in [2.24, 2.45) is 0 Å². The maximum Gasteiger partial charge on any atom is 0.262 e. The van der Waals surface area contributed by atoms with Crippen molar-refractivity contribution < 1.29 is 5.11 Å². The highest BCUT2D eigenvalue weighted by Crippen LogP contribution is 2.27. The molecule has 3 heterocycles. The smallest absolute Gasteiger partial charge is 0.262 e. The van der Waals surface area contributed by atoms with Gasteiger partial charge in [0.25, 0.3) is 5.56 Å². The molecular weight excluding hydrogens is 366 g/mol. The van der Waals surface area contributed by atoms with Crippen LogP contribution >= 0.6 is 0 Å². The van der Waals surface area contributed by atoms with E-state index < -0.39 is 0 Å². The second kappa shape index (κ2) is 8.21. The van der Waals surface area contributed by atoms with Crippen LogP contribution in [0.1, 0.15) is 38.2 Å². The molecule has 0 amide bonds. The summed E-state index contributed by atoms with van der Waals surface area (Å²) in [7, 11) is 0. The lowest BCUT2D eigenvalue weighted by Crippen LogP contribution is -2.29. The van der Waals surface area contributed by atoms with Crippen LogP contribution < -0.4 is 16.2 Å². The average Bonchev–Trinajstić information content (AvgIpc) is 2.70. The molecule has 1 saturated carbocycles. The Hall–Kier alpha value is -2.93. The molecule has 0 unspecified atom stereocenters. The lowest BCUT2D eigenvalue weighted by atomic mass is 9.93. The first kappa shape index (κ1) is 19.4. The number of aromatic nitrogens is 3. The van der Waals surface area contributed by atoms with Gasteiger partial charge in [0.15, 0.2) is 0 Å². The van der Waals surface area contributed by atoms with E-state index in [0.717, 1.165) is 36.6 Å². The largest absolute Gasteiger partial charge is 0.393 e. The summed E-state index contributed by atoms with van der Waals surface area (Å²) in [5, 5.41) is 18.0. The molecular formula is C22H27N5O2. The number of anilines is 3. The fraction of sp³-hybridized carbons (Fsp3) is 0.409. The van der Waals surface area contributed by atoms with E-state index in [1.165, 1.54) is 0 Å². The molecule has 7 heteroatoms. The maximum atomic E-state index is 13.0. The Labute approximate surface area is 169 Å². The summed E-state index contributed by atoms with van der Waals surface area (Å²) in [5.74, 6) is 1.94. The van der Waals surface area contributed by atoms with Gasteiger partial charge >= 0.3 is 0 Å². The number of nitrogens with one attached hydrogen (secondary N) is 2. The van der Waals surface area contributed by atoms with E-state index in [4.69, 9.17) is 4.98 Å². The van der Waals surface area contributed by atoms with E-state index in [1.54, 1.807) is 10.8 Å². The van der Waals surface area contributed by atoms with Crippen LogP contribution in [0.25, 0.3) is 10.8 Å². The summed E-state index contributed by atoms with van der Waals surface area (Å²) < 4.78 is 1.69. The first-order valence-electron chi connectivity index (χ1n) is 10.2. The number of rotatable bonds is 5. The molecule has 0 aliphatic heterocycles. The lowest BCUT2D eigenvalue weighted by molar-refractivity contribution is 0.126. The van der Waals surface area contributed by atoms with E-state index in [1.807, 2.05) is 44.3 Å². The van der Waals surface area contributed by atoms with Gasteiger partial charge in [-0.05, 0) is 74.7 Å². The van der Waals surface area contributed by atoms with Gasteiger partial charge in [0, 0.05) is 25.0 Å². The molecule has 0 radical (unpaired) electrons. The molecule has 0 spiro atoms. The molecule has 0 aromatic carbocycles. The van der Waals surface area contributed by atoms with Crippen LogP contribution in [0.5, 0.6) is 0 Å². The number of hydrogen-bond acceptors (Lipinski definition) is 6. The zero-order chi connectivity index (χ0) is 20.4. The van der Waals surface area contributed by atoms with Crippen molar-refractivity contribution in [3.05, 3.63) is 52.6 Å². The van der Waals surface area contributed by atoms with E-state index >= 15 is 0 Å². The van der Waals surface area contributed by atoms with Crippen LogP contribution in [0.2, 0.25) is 0 Å². The number of hydrogen-bond donors (Lipinski definition) is 3. The second-order valence-electron chi connectivity index (χ2n) is 7.72. The molecule has 0 saturated heterocycles. The Bertz CT molecular complexity index is 1070. The van der Waals surface area contributed by atoms with E-state index in [-0.39, 0.29) is 17.7 Å². The minimum Gasteiger partial charge on any atom is -0.393 e. The van der Waals surface area contributed by atoms with Gasteiger partial charge in [-0.2, -0.15) is 0 Å². The number of pyridine rings is 3. The van der Waals surface area contributed by atoms with Gasteiger partial charge in [0.1, 0.15) is 17.5 Å². The van der Waals surface area contributed by atoms with Gasteiger partial charge in [-0.15, -0.1) is 0 Å². The third kappa shape index (κ3) is 4.24. The Balaban J connectivity index is 1.75. The second-order valence-corrected chi connectivity index (χ2v) is 7.72. The molecule has 1 fully saturated rings. The first-order chi connectivity index (χ1) is 14.0. The van der Waals surface area contributed by atoms with Gasteiger partial charge in [0.05, 0.1) is 11.5 Å². The number of aryl methyl sites for hydroxylation is 2. The predicted molar refractivity (Wildman–Crippen MR) is 116 cm³/mol. The minimum atomic E-state index is -0.226. The minimum absolute atomic E-state index is 0.0453. The molecule has 152 valence electrons. The van der Waals surface area contributed by atoms with Crippen molar-refractivity contribution in [1.82, 2.24) is 14.5 Å².